The SMILES string of the molecule is CC(C)C[C@H](NC(=O)[C@H](CO)NC(=O)[C@H](CCCCN)NC(=O)N[C@H](CCCN=C(N)N)C(=O)O)C(=O)N(C)[C@@H](CC(C)C)C(=O)N[C@@H](Cc1c[nH]c2ccccc12)C(=O)O. The number of aromatic nitrogens is 1. The number of likely N-dealkylation sites (N-methyl/N-ethyl adjacent to an activating group) is 1. The number of rotatable bonds is 27. The highest BCUT2D eigenvalue weighted by molar-refractivity contribution is 5.96. The summed E-state index contributed by atoms with van der Waals surface area (Å²) in [5.74, 6) is -6.23. The number of amides is 6. The number of carbonyl (C=O) groups is 7. The first-order valence-electron chi connectivity index (χ1n) is 20.4. The van der Waals surface area contributed by atoms with Crippen LogP contribution in [0.5, 0.6) is 0 Å². The molecule has 6 atom stereocenters. The number of H-pyrrole nitrogens is 1. The van der Waals surface area contributed by atoms with Gasteiger partial charge in [0.1, 0.15) is 36.3 Å². The number of fused-ring (bicyclic) bond motifs is 1. The van der Waals surface area contributed by atoms with Crippen LogP contribution in [-0.2, 0) is 35.2 Å². The molecule has 1 aromatic carbocycles. The third kappa shape index (κ3) is 17.3. The van der Waals surface area contributed by atoms with Gasteiger partial charge in [0.2, 0.25) is 23.6 Å². The van der Waals surface area contributed by atoms with E-state index >= 15 is 0 Å². The summed E-state index contributed by atoms with van der Waals surface area (Å²) in [6.07, 6.45) is 2.98. The molecule has 0 aliphatic heterocycles. The highest BCUT2D eigenvalue weighted by Crippen LogP contribution is 2.20. The third-order valence-electron chi connectivity index (χ3n) is 9.78. The van der Waals surface area contributed by atoms with E-state index in [1.54, 1.807) is 20.0 Å². The molecule has 0 radical (unpaired) electrons. The number of aromatic amines is 1. The summed E-state index contributed by atoms with van der Waals surface area (Å²) < 4.78 is 0. The number of benzene rings is 1. The molecule has 0 saturated carbocycles. The molecular weight excluding hydrogens is 795 g/mol. The van der Waals surface area contributed by atoms with Crippen molar-refractivity contribution in [1.29, 1.82) is 0 Å². The molecule has 2 rings (SSSR count). The summed E-state index contributed by atoms with van der Waals surface area (Å²) >= 11 is 0. The second-order valence-corrected chi connectivity index (χ2v) is 15.8. The number of nitrogens with zero attached hydrogens (tertiary/aromatic N) is 2. The van der Waals surface area contributed by atoms with Crippen LogP contribution in [0.15, 0.2) is 35.5 Å². The summed E-state index contributed by atoms with van der Waals surface area (Å²) in [7, 11) is 1.39. The Labute approximate surface area is 355 Å². The van der Waals surface area contributed by atoms with Gasteiger partial charge in [-0.05, 0) is 75.0 Å². The van der Waals surface area contributed by atoms with E-state index in [0.717, 1.165) is 10.9 Å². The lowest BCUT2D eigenvalue weighted by molar-refractivity contribution is -0.146. The van der Waals surface area contributed by atoms with E-state index in [9.17, 15) is 48.9 Å². The van der Waals surface area contributed by atoms with Gasteiger partial charge in [0.05, 0.1) is 6.61 Å². The minimum Gasteiger partial charge on any atom is -0.480 e. The van der Waals surface area contributed by atoms with E-state index < -0.39 is 84.5 Å². The Morgan fingerprint density at radius 3 is 1.90 bits per heavy atom. The first-order valence-corrected chi connectivity index (χ1v) is 20.4. The Kier molecular flexibility index (Phi) is 21.5. The number of aliphatic carboxylic acids is 2. The predicted molar refractivity (Wildman–Crippen MR) is 228 cm³/mol. The van der Waals surface area contributed by atoms with E-state index in [1.165, 1.54) is 11.9 Å². The summed E-state index contributed by atoms with van der Waals surface area (Å²) in [5, 5.41) is 43.1. The van der Waals surface area contributed by atoms with Crippen molar-refractivity contribution in [2.24, 2.45) is 34.0 Å². The monoisotopic (exact) mass is 859 g/mol. The minimum atomic E-state index is -1.60. The molecule has 0 unspecified atom stereocenters. The quantitative estimate of drug-likeness (QED) is 0.0306. The molecule has 2 aromatic rings. The number of guanidine groups is 1. The Morgan fingerprint density at radius 1 is 0.738 bits per heavy atom. The van der Waals surface area contributed by atoms with Crippen LogP contribution in [0.25, 0.3) is 10.9 Å². The Hall–Kier alpha value is -5.96. The van der Waals surface area contributed by atoms with E-state index in [2.05, 4.69) is 36.6 Å². The van der Waals surface area contributed by atoms with Gasteiger partial charge in [0.15, 0.2) is 5.96 Å². The lowest BCUT2D eigenvalue weighted by atomic mass is 9.97. The van der Waals surface area contributed by atoms with Crippen LogP contribution in [0.4, 0.5) is 4.79 Å². The number of aliphatic hydroxyl groups is 1. The first kappa shape index (κ1) is 51.2. The van der Waals surface area contributed by atoms with Gasteiger partial charge in [-0.15, -0.1) is 0 Å². The largest absolute Gasteiger partial charge is 0.480 e. The second-order valence-electron chi connectivity index (χ2n) is 15.8. The number of nitrogens with one attached hydrogen (secondary N) is 6. The van der Waals surface area contributed by atoms with Crippen LogP contribution in [0.1, 0.15) is 78.2 Å². The summed E-state index contributed by atoms with van der Waals surface area (Å²) in [4.78, 5) is 100. The van der Waals surface area contributed by atoms with E-state index in [0.29, 0.717) is 18.4 Å². The molecule has 0 aliphatic carbocycles. The molecule has 1 aromatic heterocycles. The highest BCUT2D eigenvalue weighted by atomic mass is 16.4. The molecule has 340 valence electrons. The fourth-order valence-electron chi connectivity index (χ4n) is 6.59. The van der Waals surface area contributed by atoms with Crippen LogP contribution in [0.2, 0.25) is 0 Å². The first-order chi connectivity index (χ1) is 28.8. The van der Waals surface area contributed by atoms with Crippen LogP contribution >= 0.6 is 0 Å². The predicted octanol–water partition coefficient (Wildman–Crippen LogP) is -0.536. The molecule has 0 spiro atoms. The van der Waals surface area contributed by atoms with Crippen LogP contribution in [0.3, 0.4) is 0 Å². The van der Waals surface area contributed by atoms with Crippen LogP contribution < -0.4 is 43.8 Å². The molecule has 0 fully saturated rings. The van der Waals surface area contributed by atoms with E-state index in [1.807, 2.05) is 38.1 Å². The van der Waals surface area contributed by atoms with E-state index in [4.69, 9.17) is 17.2 Å². The standard InChI is InChI=1S/C40H65N11O10/c1-22(2)17-29(36(56)51(5)32(18-23(3)4)35(55)47-30(38(59)60)19-24-20-45-26-12-7-6-11-25(24)26)46-34(54)31(21-52)48-33(53)27(13-8-9-15-41)49-40(61)50-28(37(57)58)14-10-16-44-39(42)43/h6-7,11-12,20,22-23,27-32,45,52H,8-10,13-19,21,41H2,1-5H3,(H,46,54)(H,47,55)(H,48,53)(H,57,58)(H,59,60)(H4,42,43,44)(H2,49,50,61)/t27-,28+,29-,30-,31-,32-/m0/s1. The Morgan fingerprint density at radius 2 is 1.31 bits per heavy atom. The van der Waals surface area contributed by atoms with E-state index in [-0.39, 0.29) is 69.4 Å². The number of aliphatic hydroxyl groups excluding tert-OH is 1. The van der Waals surface area contributed by atoms with Crippen molar-refractivity contribution < 1.29 is 48.9 Å². The molecule has 0 aliphatic rings. The average molecular weight is 860 g/mol. The molecule has 21 nitrogen and oxygen atoms in total. The maximum Gasteiger partial charge on any atom is 0.326 e. The van der Waals surface area contributed by atoms with Gasteiger partial charge in [-0.2, -0.15) is 0 Å². The smallest absolute Gasteiger partial charge is 0.326 e. The van der Waals surface area contributed by atoms with Gasteiger partial charge in [0, 0.05) is 37.1 Å². The number of aliphatic imine (C=N–C) groups is 1. The molecule has 6 amide bonds. The number of unbranched alkanes of at least 4 members (excludes halogenated alkanes) is 1. The molecule has 0 saturated heterocycles. The number of carboxylic acid groups (broad SMARTS) is 2. The van der Waals surface area contributed by atoms with Crippen molar-refractivity contribution in [1.82, 2.24) is 36.5 Å². The van der Waals surface area contributed by atoms with Gasteiger partial charge in [-0.1, -0.05) is 45.9 Å². The van der Waals surface area contributed by atoms with Crippen molar-refractivity contribution in [2.75, 3.05) is 26.7 Å². The lowest BCUT2D eigenvalue weighted by Crippen LogP contribution is -2.60. The molecular formula is C40H65N11O10. The number of hydrogen-bond donors (Lipinski definition) is 12. The minimum absolute atomic E-state index is 0.0284. The molecule has 61 heavy (non-hydrogen) atoms. The molecule has 15 N–H and O–H groups in total. The Bertz CT molecular complexity index is 1810. The van der Waals surface area contributed by atoms with Crippen LogP contribution in [-0.4, -0.2) is 136 Å². The number of para-hydroxylation sites is 1. The molecule has 21 heteroatoms. The van der Waals surface area contributed by atoms with Crippen molar-refractivity contribution in [3.63, 3.8) is 0 Å². The highest BCUT2D eigenvalue weighted by Gasteiger charge is 2.36. The van der Waals surface area contributed by atoms with Crippen LogP contribution in [0, 0.1) is 11.8 Å². The number of carboxylic acids is 2. The zero-order chi connectivity index (χ0) is 45.8. The average Bonchev–Trinajstić information content (AvgIpc) is 3.60. The molecule has 1 heterocycles. The van der Waals surface area contributed by atoms with Crippen molar-refractivity contribution in [3.05, 3.63) is 36.0 Å². The fourth-order valence-corrected chi connectivity index (χ4v) is 6.59. The summed E-state index contributed by atoms with van der Waals surface area (Å²) in [6, 6.07) is -1.58. The van der Waals surface area contributed by atoms with Crippen molar-refractivity contribution in [3.8, 4) is 0 Å². The zero-order valence-corrected chi connectivity index (χ0v) is 35.6. The topological polar surface area (TPSA) is 350 Å². The van der Waals surface area contributed by atoms with Gasteiger partial charge in [0.25, 0.3) is 0 Å². The number of urea groups is 1. The van der Waals surface area contributed by atoms with Gasteiger partial charge in [-0.3, -0.25) is 24.2 Å². The number of nitrogens with two attached hydrogens (primary N) is 3. The number of carbonyl (C=O) groups excluding carboxylic acids is 5. The second kappa shape index (κ2) is 25.6. The fraction of sp³-hybridized carbons (Fsp3) is 0.600. The lowest BCUT2D eigenvalue weighted by Gasteiger charge is -2.33. The third-order valence-corrected chi connectivity index (χ3v) is 9.78. The Balaban J connectivity index is 2.24. The normalized spacial score (nSPS) is 14.2. The van der Waals surface area contributed by atoms with Gasteiger partial charge >= 0.3 is 18.0 Å². The van der Waals surface area contributed by atoms with Gasteiger partial charge < -0.3 is 69.0 Å². The maximum atomic E-state index is 14.2. The van der Waals surface area contributed by atoms with Gasteiger partial charge in [-0.25, -0.2) is 14.4 Å². The van der Waals surface area contributed by atoms with Crippen molar-refractivity contribution >= 4 is 58.5 Å². The summed E-state index contributed by atoms with van der Waals surface area (Å²) in [6.45, 7) is 6.79. The maximum absolute atomic E-state index is 14.2. The zero-order valence-electron chi connectivity index (χ0n) is 35.6. The van der Waals surface area contributed by atoms with Crippen molar-refractivity contribution in [2.45, 2.75) is 115 Å². The molecule has 0 bridgehead atoms. The summed E-state index contributed by atoms with van der Waals surface area (Å²) in [5.41, 5.74) is 17.7. The number of hydrogen-bond acceptors (Lipinski definition) is 10.